The average Bonchev–Trinajstić information content (AvgIpc) is 2.98. The summed E-state index contributed by atoms with van der Waals surface area (Å²) < 4.78 is 14.4. The number of hydrogen-bond acceptors (Lipinski definition) is 4. The Morgan fingerprint density at radius 3 is 2.25 bits per heavy atom. The molecule has 0 saturated carbocycles. The van der Waals surface area contributed by atoms with Crippen LogP contribution in [0.3, 0.4) is 0 Å². The maximum Gasteiger partial charge on any atom is 0.505 e. The van der Waals surface area contributed by atoms with E-state index in [0.29, 0.717) is 0 Å². The highest BCUT2D eigenvalue weighted by atomic mass is 79.9. The molecule has 1 fully saturated rings. The molecule has 106 valence electrons. The smallest absolute Gasteiger partial charge is 0.399 e. The van der Waals surface area contributed by atoms with E-state index in [2.05, 4.69) is 67.2 Å². The number of rotatable bonds is 2. The van der Waals surface area contributed by atoms with Gasteiger partial charge in [-0.1, -0.05) is 6.07 Å². The van der Waals surface area contributed by atoms with Gasteiger partial charge in [0.05, 0.1) is 16.1 Å². The van der Waals surface area contributed by atoms with Gasteiger partial charge >= 0.3 is 7.12 Å². The second kappa shape index (κ2) is 4.95. The molecule has 0 aliphatic carbocycles. The number of halogens is 1. The normalized spacial score (nSPS) is 20.6. The highest BCUT2D eigenvalue weighted by Crippen LogP contribution is 2.39. The van der Waals surface area contributed by atoms with Gasteiger partial charge in [-0.05, 0) is 61.1 Å². The molecule has 0 unspecified atom stereocenters. The average molecular weight is 371 g/mol. The van der Waals surface area contributed by atoms with Crippen LogP contribution in [-0.4, -0.2) is 18.3 Å². The predicted octanol–water partition coefficient (Wildman–Crippen LogP) is 4.54. The maximum absolute atomic E-state index is 6.09. The highest BCUT2D eigenvalue weighted by Gasteiger charge is 2.52. The van der Waals surface area contributed by atoms with Crippen molar-refractivity contribution in [2.45, 2.75) is 38.9 Å². The Kier molecular flexibility index (Phi) is 3.66. The summed E-state index contributed by atoms with van der Waals surface area (Å²) in [5, 5.41) is 2.09. The van der Waals surface area contributed by atoms with Crippen LogP contribution in [0.4, 0.5) is 0 Å². The van der Waals surface area contributed by atoms with Crippen LogP contribution >= 0.6 is 38.6 Å². The van der Waals surface area contributed by atoms with Crippen molar-refractivity contribution >= 4 is 50.5 Å². The van der Waals surface area contributed by atoms with E-state index in [4.69, 9.17) is 9.31 Å². The molecule has 1 saturated heterocycles. The summed E-state index contributed by atoms with van der Waals surface area (Å²) in [6, 6.07) is 6.32. The molecule has 0 aromatic carbocycles. The summed E-state index contributed by atoms with van der Waals surface area (Å²) in [5.74, 6) is 0. The van der Waals surface area contributed by atoms with E-state index >= 15 is 0 Å². The molecule has 2 aromatic heterocycles. The summed E-state index contributed by atoms with van der Waals surface area (Å²) in [6.45, 7) is 8.32. The van der Waals surface area contributed by atoms with Crippen molar-refractivity contribution in [3.63, 3.8) is 0 Å². The zero-order chi connectivity index (χ0) is 14.5. The van der Waals surface area contributed by atoms with Gasteiger partial charge in [0, 0.05) is 14.1 Å². The molecular formula is C14H16BBrO2S2. The first-order valence-electron chi connectivity index (χ1n) is 6.49. The van der Waals surface area contributed by atoms with Crippen LogP contribution in [-0.2, 0) is 9.31 Å². The van der Waals surface area contributed by atoms with Crippen molar-refractivity contribution in [3.8, 4) is 9.75 Å². The van der Waals surface area contributed by atoms with Crippen molar-refractivity contribution in [3.05, 3.63) is 28.1 Å². The van der Waals surface area contributed by atoms with Crippen LogP contribution in [0.1, 0.15) is 27.7 Å². The van der Waals surface area contributed by atoms with Crippen molar-refractivity contribution in [1.82, 2.24) is 0 Å². The summed E-state index contributed by atoms with van der Waals surface area (Å²) in [6.07, 6.45) is 0. The van der Waals surface area contributed by atoms with Crippen LogP contribution in [0.25, 0.3) is 9.75 Å². The van der Waals surface area contributed by atoms with Crippen molar-refractivity contribution in [1.29, 1.82) is 0 Å². The molecule has 0 spiro atoms. The Balaban J connectivity index is 1.88. The monoisotopic (exact) mass is 370 g/mol. The number of thiophene rings is 2. The molecule has 0 bridgehead atoms. The SMILES string of the molecule is CC1(C)OB(c2ccc(-c3sccc3Br)s2)OC1(C)C. The molecule has 0 N–H and O–H groups in total. The lowest BCUT2D eigenvalue weighted by atomic mass is 9.88. The van der Waals surface area contributed by atoms with Gasteiger partial charge in [-0.15, -0.1) is 22.7 Å². The Labute approximate surface area is 136 Å². The highest BCUT2D eigenvalue weighted by molar-refractivity contribution is 9.10. The zero-order valence-electron chi connectivity index (χ0n) is 11.9. The minimum Gasteiger partial charge on any atom is -0.399 e. The van der Waals surface area contributed by atoms with E-state index in [-0.39, 0.29) is 18.3 Å². The number of hydrogen-bond donors (Lipinski definition) is 0. The van der Waals surface area contributed by atoms with Crippen molar-refractivity contribution in [2.24, 2.45) is 0 Å². The van der Waals surface area contributed by atoms with Gasteiger partial charge in [0.1, 0.15) is 0 Å². The molecule has 6 heteroatoms. The van der Waals surface area contributed by atoms with Gasteiger partial charge in [0.15, 0.2) is 0 Å². The van der Waals surface area contributed by atoms with E-state index in [1.165, 1.54) is 9.75 Å². The molecule has 3 heterocycles. The van der Waals surface area contributed by atoms with Crippen molar-refractivity contribution in [2.75, 3.05) is 0 Å². The largest absolute Gasteiger partial charge is 0.505 e. The molecule has 20 heavy (non-hydrogen) atoms. The summed E-state index contributed by atoms with van der Waals surface area (Å²) in [7, 11) is -0.266. The lowest BCUT2D eigenvalue weighted by molar-refractivity contribution is 0.00578. The van der Waals surface area contributed by atoms with Crippen LogP contribution in [0.5, 0.6) is 0 Å². The fraction of sp³-hybridized carbons (Fsp3) is 0.429. The fourth-order valence-electron chi connectivity index (χ4n) is 2.03. The Morgan fingerprint density at radius 2 is 1.70 bits per heavy atom. The molecule has 0 amide bonds. The van der Waals surface area contributed by atoms with E-state index in [1.54, 1.807) is 22.7 Å². The standard InChI is InChI=1S/C14H16BBrO2S2/c1-13(2)14(3,4)18-15(17-13)11-6-5-10(20-11)12-9(16)7-8-19-12/h5-8H,1-4H3. The molecule has 2 aromatic rings. The third-order valence-corrected chi connectivity index (χ3v) is 7.08. The predicted molar refractivity (Wildman–Crippen MR) is 91.0 cm³/mol. The lowest BCUT2D eigenvalue weighted by Gasteiger charge is -2.32. The van der Waals surface area contributed by atoms with Crippen LogP contribution in [0.15, 0.2) is 28.1 Å². The maximum atomic E-state index is 6.09. The van der Waals surface area contributed by atoms with Crippen LogP contribution in [0, 0.1) is 0 Å². The minimum absolute atomic E-state index is 0.266. The zero-order valence-corrected chi connectivity index (χ0v) is 15.1. The van der Waals surface area contributed by atoms with Gasteiger partial charge in [0.25, 0.3) is 0 Å². The van der Waals surface area contributed by atoms with Crippen LogP contribution < -0.4 is 4.78 Å². The fourth-order valence-corrected chi connectivity index (χ4v) is 4.86. The quantitative estimate of drug-likeness (QED) is 0.722. The van der Waals surface area contributed by atoms with E-state index in [0.717, 1.165) is 9.25 Å². The topological polar surface area (TPSA) is 18.5 Å². The molecule has 3 rings (SSSR count). The van der Waals surface area contributed by atoms with Gasteiger partial charge in [-0.2, -0.15) is 0 Å². The lowest BCUT2D eigenvalue weighted by Crippen LogP contribution is -2.41. The van der Waals surface area contributed by atoms with Gasteiger partial charge in [-0.25, -0.2) is 0 Å². The molecule has 1 aliphatic heterocycles. The van der Waals surface area contributed by atoms with Gasteiger partial charge < -0.3 is 9.31 Å². The third kappa shape index (κ3) is 2.42. The molecule has 0 atom stereocenters. The first kappa shape index (κ1) is 14.8. The summed E-state index contributed by atoms with van der Waals surface area (Å²) in [5.41, 5.74) is -0.573. The Bertz CT molecular complexity index is 617. The first-order valence-corrected chi connectivity index (χ1v) is 8.98. The molecule has 2 nitrogen and oxygen atoms in total. The van der Waals surface area contributed by atoms with Gasteiger partial charge in [-0.3, -0.25) is 0 Å². The van der Waals surface area contributed by atoms with E-state index in [9.17, 15) is 0 Å². The van der Waals surface area contributed by atoms with Crippen LogP contribution in [0.2, 0.25) is 0 Å². The second-order valence-electron chi connectivity index (χ2n) is 5.89. The van der Waals surface area contributed by atoms with E-state index in [1.807, 2.05) is 0 Å². The van der Waals surface area contributed by atoms with Gasteiger partial charge in [0.2, 0.25) is 0 Å². The minimum atomic E-state index is -0.286. The molecule has 1 aliphatic rings. The summed E-state index contributed by atoms with van der Waals surface area (Å²) in [4.78, 5) is 2.51. The second-order valence-corrected chi connectivity index (χ2v) is 8.77. The Morgan fingerprint density at radius 1 is 1.05 bits per heavy atom. The first-order chi connectivity index (χ1) is 9.30. The van der Waals surface area contributed by atoms with E-state index < -0.39 is 0 Å². The Hall–Kier alpha value is -0.135. The molecular weight excluding hydrogens is 355 g/mol. The third-order valence-electron chi connectivity index (χ3n) is 3.95. The summed E-state index contributed by atoms with van der Waals surface area (Å²) >= 11 is 7.06. The molecule has 0 radical (unpaired) electrons. The van der Waals surface area contributed by atoms with Crippen molar-refractivity contribution < 1.29 is 9.31 Å².